The molecule has 0 aromatic carbocycles. The number of carbonyl (C=O) groups is 1. The topological polar surface area (TPSA) is 107 Å². The van der Waals surface area contributed by atoms with Gasteiger partial charge in [0.1, 0.15) is 4.92 Å². The fraction of sp³-hybridized carbons (Fsp3) is 0.400. The number of nitrogens with zero attached hydrogens (tertiary/aromatic N) is 2. The third kappa shape index (κ3) is 3.25. The maximum absolute atomic E-state index is 11.1. The summed E-state index contributed by atoms with van der Waals surface area (Å²) in [5.41, 5.74) is 0. The number of nitrogens with one attached hydrogen (secondary N) is 1. The van der Waals surface area contributed by atoms with Crippen molar-refractivity contribution in [2.24, 2.45) is 4.99 Å². The van der Waals surface area contributed by atoms with Crippen LogP contribution in [0.15, 0.2) is 21.5 Å². The molecular formula is C10H11N3O5S. The highest BCUT2D eigenvalue weighted by Gasteiger charge is 2.32. The quantitative estimate of drug-likeness (QED) is 0.498. The monoisotopic (exact) mass is 285 g/mol. The van der Waals surface area contributed by atoms with Gasteiger partial charge in [-0.1, -0.05) is 0 Å². The lowest BCUT2D eigenvalue weighted by molar-refractivity contribution is -0.402. The maximum atomic E-state index is 11.1. The lowest BCUT2D eigenvalue weighted by Crippen LogP contribution is -2.31. The Morgan fingerprint density at radius 2 is 2.42 bits per heavy atom. The summed E-state index contributed by atoms with van der Waals surface area (Å²) in [5, 5.41) is 13.0. The minimum Gasteiger partial charge on any atom is -0.441 e. The molecule has 0 saturated carbocycles. The van der Waals surface area contributed by atoms with E-state index in [1.807, 2.05) is 6.26 Å². The smallest absolute Gasteiger partial charge is 0.433 e. The van der Waals surface area contributed by atoms with Gasteiger partial charge in [-0.15, -0.1) is 0 Å². The van der Waals surface area contributed by atoms with Crippen LogP contribution in [0, 0.1) is 10.1 Å². The molecule has 1 N–H and O–H groups in total. The standard InChI is InChI=1S/C10H11N3O5S/c1-19-5-7-9(12-10(14)18-7)11-4-6-2-3-8(17-6)13(15)16/h2-4,7,9H,5H2,1H3,(H,12,14). The summed E-state index contributed by atoms with van der Waals surface area (Å²) in [6, 6.07) is 2.67. The number of alkyl carbamates (subject to hydrolysis) is 1. The van der Waals surface area contributed by atoms with E-state index in [-0.39, 0.29) is 17.7 Å². The van der Waals surface area contributed by atoms with Crippen LogP contribution in [0.25, 0.3) is 0 Å². The Labute approximate surface area is 112 Å². The summed E-state index contributed by atoms with van der Waals surface area (Å²) in [5.74, 6) is 0.503. The van der Waals surface area contributed by atoms with Crippen LogP contribution in [0.3, 0.4) is 0 Å². The van der Waals surface area contributed by atoms with Gasteiger partial charge in [-0.2, -0.15) is 11.8 Å². The van der Waals surface area contributed by atoms with Gasteiger partial charge in [0.25, 0.3) is 0 Å². The molecule has 1 aromatic rings. The molecule has 2 unspecified atom stereocenters. The van der Waals surface area contributed by atoms with E-state index in [2.05, 4.69) is 10.3 Å². The predicted octanol–water partition coefficient (Wildman–Crippen LogP) is 1.40. The summed E-state index contributed by atoms with van der Waals surface area (Å²) < 4.78 is 9.94. The van der Waals surface area contributed by atoms with Crippen LogP contribution in [0.4, 0.5) is 10.7 Å². The number of furan rings is 1. The minimum atomic E-state index is -0.631. The number of carbonyl (C=O) groups excluding carboxylic acids is 1. The van der Waals surface area contributed by atoms with Gasteiger partial charge in [-0.05, 0) is 12.3 Å². The summed E-state index contributed by atoms with van der Waals surface area (Å²) in [6.45, 7) is 0. The van der Waals surface area contributed by atoms with E-state index in [9.17, 15) is 14.9 Å². The molecular weight excluding hydrogens is 274 g/mol. The summed E-state index contributed by atoms with van der Waals surface area (Å²) in [7, 11) is 0. The number of rotatable bonds is 5. The van der Waals surface area contributed by atoms with E-state index >= 15 is 0 Å². The number of ether oxygens (including phenoxy) is 1. The molecule has 1 aromatic heterocycles. The molecule has 2 atom stereocenters. The number of aliphatic imine (C=N–C) groups is 1. The summed E-state index contributed by atoms with van der Waals surface area (Å²) in [4.78, 5) is 25.0. The number of hydrogen-bond acceptors (Lipinski definition) is 7. The van der Waals surface area contributed by atoms with Crippen molar-refractivity contribution in [1.29, 1.82) is 0 Å². The van der Waals surface area contributed by atoms with Crippen molar-refractivity contribution in [3.63, 3.8) is 0 Å². The van der Waals surface area contributed by atoms with Crippen molar-refractivity contribution in [1.82, 2.24) is 5.32 Å². The molecule has 0 spiro atoms. The maximum Gasteiger partial charge on any atom is 0.433 e. The van der Waals surface area contributed by atoms with E-state index in [1.165, 1.54) is 30.1 Å². The Bertz CT molecular complexity index is 515. The highest BCUT2D eigenvalue weighted by atomic mass is 32.2. The molecule has 1 aliphatic rings. The Morgan fingerprint density at radius 3 is 3.05 bits per heavy atom. The van der Waals surface area contributed by atoms with Gasteiger partial charge in [0.15, 0.2) is 18.0 Å². The number of cyclic esters (lactones) is 1. The molecule has 0 aliphatic carbocycles. The van der Waals surface area contributed by atoms with E-state index in [0.29, 0.717) is 5.75 Å². The Morgan fingerprint density at radius 1 is 1.63 bits per heavy atom. The number of hydrogen-bond donors (Lipinski definition) is 1. The second-order valence-corrected chi connectivity index (χ2v) is 4.61. The molecule has 19 heavy (non-hydrogen) atoms. The van der Waals surface area contributed by atoms with E-state index < -0.39 is 17.2 Å². The number of thioether (sulfide) groups is 1. The minimum absolute atomic E-state index is 0.246. The van der Waals surface area contributed by atoms with Crippen molar-refractivity contribution < 1.29 is 18.9 Å². The van der Waals surface area contributed by atoms with Crippen molar-refractivity contribution in [3.05, 3.63) is 28.0 Å². The third-order valence-electron chi connectivity index (χ3n) is 2.36. The molecule has 1 amide bonds. The van der Waals surface area contributed by atoms with E-state index in [1.54, 1.807) is 0 Å². The predicted molar refractivity (Wildman–Crippen MR) is 68.5 cm³/mol. The first kappa shape index (κ1) is 13.4. The lowest BCUT2D eigenvalue weighted by Gasteiger charge is -2.10. The molecule has 0 radical (unpaired) electrons. The zero-order chi connectivity index (χ0) is 13.8. The molecule has 8 nitrogen and oxygen atoms in total. The Balaban J connectivity index is 2.04. The summed E-state index contributed by atoms with van der Waals surface area (Å²) in [6.07, 6.45) is 1.84. The number of nitro groups is 1. The molecule has 2 heterocycles. The van der Waals surface area contributed by atoms with Gasteiger partial charge < -0.3 is 9.15 Å². The van der Waals surface area contributed by atoms with Crippen molar-refractivity contribution in [3.8, 4) is 0 Å². The van der Waals surface area contributed by atoms with Crippen LogP contribution in [0.1, 0.15) is 5.76 Å². The fourth-order valence-electron chi connectivity index (χ4n) is 1.54. The van der Waals surface area contributed by atoms with Gasteiger partial charge >= 0.3 is 12.0 Å². The normalized spacial score (nSPS) is 22.5. The highest BCUT2D eigenvalue weighted by molar-refractivity contribution is 7.98. The third-order valence-corrected chi connectivity index (χ3v) is 3.02. The van der Waals surface area contributed by atoms with E-state index in [0.717, 1.165) is 0 Å². The average Bonchev–Trinajstić information content (AvgIpc) is 2.94. The van der Waals surface area contributed by atoms with Crippen LogP contribution < -0.4 is 5.32 Å². The second kappa shape index (κ2) is 5.74. The van der Waals surface area contributed by atoms with Crippen LogP contribution in [-0.2, 0) is 4.74 Å². The largest absolute Gasteiger partial charge is 0.441 e. The van der Waals surface area contributed by atoms with Gasteiger partial charge in [-0.25, -0.2) is 4.79 Å². The van der Waals surface area contributed by atoms with E-state index in [4.69, 9.17) is 9.15 Å². The van der Waals surface area contributed by atoms with Crippen LogP contribution in [0.2, 0.25) is 0 Å². The first-order valence-corrected chi connectivity index (χ1v) is 6.73. The number of amides is 1. The summed E-state index contributed by atoms with van der Waals surface area (Å²) >= 11 is 1.53. The first-order chi connectivity index (χ1) is 9.10. The highest BCUT2D eigenvalue weighted by Crippen LogP contribution is 2.16. The van der Waals surface area contributed by atoms with Crippen LogP contribution in [0.5, 0.6) is 0 Å². The zero-order valence-electron chi connectivity index (χ0n) is 9.94. The molecule has 1 aliphatic heterocycles. The lowest BCUT2D eigenvalue weighted by atomic mass is 10.3. The van der Waals surface area contributed by atoms with Gasteiger partial charge in [-0.3, -0.25) is 20.4 Å². The van der Waals surface area contributed by atoms with Gasteiger partial charge in [0, 0.05) is 5.75 Å². The van der Waals surface area contributed by atoms with Gasteiger partial charge in [0.2, 0.25) is 0 Å². The second-order valence-electron chi connectivity index (χ2n) is 3.70. The molecule has 2 rings (SSSR count). The molecule has 1 saturated heterocycles. The fourth-order valence-corrected chi connectivity index (χ4v) is 2.11. The Hall–Kier alpha value is -2.03. The van der Waals surface area contributed by atoms with Crippen molar-refractivity contribution in [2.75, 3.05) is 12.0 Å². The van der Waals surface area contributed by atoms with Crippen molar-refractivity contribution >= 4 is 30.0 Å². The zero-order valence-corrected chi connectivity index (χ0v) is 10.8. The molecule has 1 fully saturated rings. The SMILES string of the molecule is CSCC1OC(=O)NC1N=Cc1ccc([N+](=O)[O-])o1. The average molecular weight is 285 g/mol. The molecule has 0 bridgehead atoms. The van der Waals surface area contributed by atoms with Crippen LogP contribution >= 0.6 is 11.8 Å². The van der Waals surface area contributed by atoms with Crippen molar-refractivity contribution in [2.45, 2.75) is 12.3 Å². The molecule has 9 heteroatoms. The van der Waals surface area contributed by atoms with Crippen LogP contribution in [-0.4, -0.2) is 41.5 Å². The Kier molecular flexibility index (Phi) is 4.05. The van der Waals surface area contributed by atoms with Gasteiger partial charge in [0.05, 0.1) is 12.3 Å². The first-order valence-electron chi connectivity index (χ1n) is 5.33. The molecule has 102 valence electrons.